The molecule has 2 N–H and O–H groups in total. The smallest absolute Gasteiger partial charge is 0.253 e. The summed E-state index contributed by atoms with van der Waals surface area (Å²) in [6, 6.07) is 9.28. The van der Waals surface area contributed by atoms with Gasteiger partial charge in [0.2, 0.25) is 10.0 Å². The third-order valence-corrected chi connectivity index (χ3v) is 5.35. The predicted molar refractivity (Wildman–Crippen MR) is 95.0 cm³/mol. The van der Waals surface area contributed by atoms with E-state index in [0.717, 1.165) is 17.1 Å². The van der Waals surface area contributed by atoms with E-state index in [-0.39, 0.29) is 17.6 Å². The van der Waals surface area contributed by atoms with Crippen LogP contribution in [-0.4, -0.2) is 47.8 Å². The summed E-state index contributed by atoms with van der Waals surface area (Å²) < 4.78 is 24.2. The Morgan fingerprint density at radius 1 is 1.28 bits per heavy atom. The fourth-order valence-corrected chi connectivity index (χ4v) is 4.23. The summed E-state index contributed by atoms with van der Waals surface area (Å²) in [6.45, 7) is 4.90. The zero-order valence-electron chi connectivity index (χ0n) is 14.3. The highest BCUT2D eigenvalue weighted by Gasteiger charge is 2.29. The largest absolute Gasteiger partial charge is 0.338 e. The number of nitrogens with zero attached hydrogens (tertiary/aromatic N) is 3. The quantitative estimate of drug-likeness (QED) is 0.884. The first-order chi connectivity index (χ1) is 11.7. The first-order valence-electron chi connectivity index (χ1n) is 8.16. The molecule has 1 atom stereocenters. The Morgan fingerprint density at radius 2 is 1.96 bits per heavy atom. The summed E-state index contributed by atoms with van der Waals surface area (Å²) >= 11 is 0. The van der Waals surface area contributed by atoms with E-state index >= 15 is 0 Å². The molecule has 2 aromatic rings. The summed E-state index contributed by atoms with van der Waals surface area (Å²) in [5, 5.41) is 9.52. The van der Waals surface area contributed by atoms with E-state index in [1.807, 2.05) is 36.7 Å². The molecule has 0 spiro atoms. The minimum absolute atomic E-state index is 0.0757. The molecule has 134 valence electrons. The van der Waals surface area contributed by atoms with Gasteiger partial charge in [-0.05, 0) is 56.5 Å². The number of amides is 1. The lowest BCUT2D eigenvalue weighted by Crippen LogP contribution is -2.30. The van der Waals surface area contributed by atoms with Crippen LogP contribution in [-0.2, 0) is 10.0 Å². The Balaban J connectivity index is 1.70. The van der Waals surface area contributed by atoms with Gasteiger partial charge in [0.15, 0.2) is 0 Å². The van der Waals surface area contributed by atoms with Gasteiger partial charge in [-0.15, -0.1) is 0 Å². The molecule has 0 aliphatic carbocycles. The van der Waals surface area contributed by atoms with E-state index in [9.17, 15) is 13.2 Å². The fraction of sp³-hybridized carbons (Fsp3) is 0.412. The SMILES string of the molecule is Cc1cc(C)n(-c2ccc(C(=O)N3CCC(CS(N)(=O)=O)C3)cc2)n1. The molecule has 0 radical (unpaired) electrons. The van der Waals surface area contributed by atoms with Crippen molar-refractivity contribution in [3.63, 3.8) is 0 Å². The van der Waals surface area contributed by atoms with Crippen molar-refractivity contribution in [2.45, 2.75) is 20.3 Å². The van der Waals surface area contributed by atoms with Crippen LogP contribution in [0.1, 0.15) is 28.2 Å². The van der Waals surface area contributed by atoms with Crippen molar-refractivity contribution in [3.8, 4) is 5.69 Å². The normalized spacial score (nSPS) is 17.9. The number of carbonyl (C=O) groups excluding carboxylic acids is 1. The van der Waals surface area contributed by atoms with Crippen molar-refractivity contribution in [2.24, 2.45) is 11.1 Å². The average molecular weight is 362 g/mol. The van der Waals surface area contributed by atoms with Gasteiger partial charge in [-0.2, -0.15) is 5.10 Å². The average Bonchev–Trinajstić information content (AvgIpc) is 3.11. The van der Waals surface area contributed by atoms with Gasteiger partial charge in [0.1, 0.15) is 0 Å². The number of hydrogen-bond donors (Lipinski definition) is 1. The van der Waals surface area contributed by atoms with E-state index < -0.39 is 10.0 Å². The summed E-state index contributed by atoms with van der Waals surface area (Å²) in [4.78, 5) is 14.3. The minimum atomic E-state index is -3.51. The lowest BCUT2D eigenvalue weighted by molar-refractivity contribution is 0.0788. The summed E-state index contributed by atoms with van der Waals surface area (Å²) in [5.41, 5.74) is 3.45. The second-order valence-electron chi connectivity index (χ2n) is 6.62. The van der Waals surface area contributed by atoms with Gasteiger partial charge in [-0.25, -0.2) is 18.2 Å². The molecule has 7 nitrogen and oxygen atoms in total. The van der Waals surface area contributed by atoms with E-state index in [2.05, 4.69) is 5.10 Å². The molecule has 25 heavy (non-hydrogen) atoms. The van der Waals surface area contributed by atoms with Crippen LogP contribution in [0.15, 0.2) is 30.3 Å². The molecule has 0 bridgehead atoms. The van der Waals surface area contributed by atoms with Gasteiger partial charge in [-0.3, -0.25) is 4.79 Å². The van der Waals surface area contributed by atoms with E-state index in [1.54, 1.807) is 17.0 Å². The third kappa shape index (κ3) is 4.08. The number of hydrogen-bond acceptors (Lipinski definition) is 4. The van der Waals surface area contributed by atoms with Crippen molar-refractivity contribution < 1.29 is 13.2 Å². The van der Waals surface area contributed by atoms with Crippen LogP contribution < -0.4 is 5.14 Å². The number of carbonyl (C=O) groups is 1. The lowest BCUT2D eigenvalue weighted by atomic mass is 10.1. The highest BCUT2D eigenvalue weighted by molar-refractivity contribution is 7.89. The van der Waals surface area contributed by atoms with Gasteiger partial charge < -0.3 is 4.90 Å². The van der Waals surface area contributed by atoms with Gasteiger partial charge in [0.25, 0.3) is 5.91 Å². The van der Waals surface area contributed by atoms with E-state index in [4.69, 9.17) is 5.14 Å². The molecule has 1 aliphatic heterocycles. The maximum atomic E-state index is 12.6. The molecular formula is C17H22N4O3S. The number of aromatic nitrogens is 2. The second-order valence-corrected chi connectivity index (χ2v) is 8.28. The Kier molecular flexibility index (Phi) is 4.66. The van der Waals surface area contributed by atoms with Gasteiger partial charge in [0.05, 0.1) is 17.1 Å². The van der Waals surface area contributed by atoms with Crippen molar-refractivity contribution >= 4 is 15.9 Å². The molecule has 0 saturated carbocycles. The Bertz CT molecular complexity index is 887. The molecule has 1 amide bonds. The molecule has 8 heteroatoms. The molecule has 1 aromatic heterocycles. The number of likely N-dealkylation sites (tertiary alicyclic amines) is 1. The second kappa shape index (κ2) is 6.61. The maximum Gasteiger partial charge on any atom is 0.253 e. The number of aryl methyl sites for hydroxylation is 2. The minimum Gasteiger partial charge on any atom is -0.338 e. The van der Waals surface area contributed by atoms with E-state index in [1.165, 1.54) is 0 Å². The number of primary sulfonamides is 1. The first kappa shape index (κ1) is 17.6. The number of benzene rings is 1. The molecule has 1 saturated heterocycles. The van der Waals surface area contributed by atoms with Gasteiger partial charge >= 0.3 is 0 Å². The molecule has 1 aromatic carbocycles. The molecule has 2 heterocycles. The Hall–Kier alpha value is -2.19. The van der Waals surface area contributed by atoms with Crippen LogP contribution in [0.5, 0.6) is 0 Å². The molecule has 1 unspecified atom stereocenters. The van der Waals surface area contributed by atoms with Crippen molar-refractivity contribution in [2.75, 3.05) is 18.8 Å². The molecular weight excluding hydrogens is 340 g/mol. The Labute approximate surface area is 147 Å². The van der Waals surface area contributed by atoms with Gasteiger partial charge in [0, 0.05) is 24.3 Å². The van der Waals surface area contributed by atoms with Gasteiger partial charge in [-0.1, -0.05) is 0 Å². The highest BCUT2D eigenvalue weighted by atomic mass is 32.2. The van der Waals surface area contributed by atoms with Crippen molar-refractivity contribution in [1.29, 1.82) is 0 Å². The van der Waals surface area contributed by atoms with E-state index in [0.29, 0.717) is 25.1 Å². The monoisotopic (exact) mass is 362 g/mol. The van der Waals surface area contributed by atoms with Crippen molar-refractivity contribution in [1.82, 2.24) is 14.7 Å². The van der Waals surface area contributed by atoms with Crippen LogP contribution in [0, 0.1) is 19.8 Å². The van der Waals surface area contributed by atoms with Crippen LogP contribution in [0.3, 0.4) is 0 Å². The van der Waals surface area contributed by atoms with Crippen LogP contribution in [0.4, 0.5) is 0 Å². The standard InChI is InChI=1S/C17H22N4O3S/c1-12-9-13(2)21(19-12)16-5-3-15(4-6-16)17(22)20-8-7-14(10-20)11-25(18,23)24/h3-6,9,14H,7-8,10-11H2,1-2H3,(H2,18,23,24). The number of sulfonamides is 1. The zero-order valence-corrected chi connectivity index (χ0v) is 15.2. The molecule has 1 aliphatic rings. The highest BCUT2D eigenvalue weighted by Crippen LogP contribution is 2.21. The summed E-state index contributed by atoms with van der Waals surface area (Å²) in [5.74, 6) is -0.252. The molecule has 1 fully saturated rings. The Morgan fingerprint density at radius 3 is 2.52 bits per heavy atom. The predicted octanol–water partition coefficient (Wildman–Crippen LogP) is 1.24. The number of nitrogens with two attached hydrogens (primary N) is 1. The number of rotatable bonds is 4. The summed E-state index contributed by atoms with van der Waals surface area (Å²) in [6.07, 6.45) is 0.659. The zero-order chi connectivity index (χ0) is 18.2. The van der Waals surface area contributed by atoms with Crippen LogP contribution in [0.25, 0.3) is 5.69 Å². The third-order valence-electron chi connectivity index (χ3n) is 4.41. The molecule has 3 rings (SSSR count). The van der Waals surface area contributed by atoms with Crippen LogP contribution in [0.2, 0.25) is 0 Å². The fourth-order valence-electron chi connectivity index (χ4n) is 3.30. The lowest BCUT2D eigenvalue weighted by Gasteiger charge is -2.16. The van der Waals surface area contributed by atoms with Crippen LogP contribution >= 0.6 is 0 Å². The topological polar surface area (TPSA) is 98.3 Å². The van der Waals surface area contributed by atoms with Crippen molar-refractivity contribution in [3.05, 3.63) is 47.3 Å². The maximum absolute atomic E-state index is 12.6. The first-order valence-corrected chi connectivity index (χ1v) is 9.88. The summed E-state index contributed by atoms with van der Waals surface area (Å²) in [7, 11) is -3.51.